The number of piperidine rings is 1. The molecule has 1 N–H and O–H groups in total. The molecule has 0 aromatic carbocycles. The van der Waals surface area contributed by atoms with E-state index in [1.54, 1.807) is 0 Å². The van der Waals surface area contributed by atoms with Gasteiger partial charge >= 0.3 is 6.09 Å². The molecular formula is C14H28N2O2. The average molecular weight is 256 g/mol. The Hall–Kier alpha value is -0.770. The van der Waals surface area contributed by atoms with Gasteiger partial charge in [0.25, 0.3) is 0 Å². The van der Waals surface area contributed by atoms with Crippen molar-refractivity contribution in [1.29, 1.82) is 0 Å². The molecule has 1 rings (SSSR count). The van der Waals surface area contributed by atoms with Crippen LogP contribution in [0, 0.1) is 11.8 Å². The van der Waals surface area contributed by atoms with Crippen molar-refractivity contribution in [3.63, 3.8) is 0 Å². The fraction of sp³-hybridized carbons (Fsp3) is 0.929. The van der Waals surface area contributed by atoms with Crippen LogP contribution < -0.4 is 5.32 Å². The van der Waals surface area contributed by atoms with Crippen molar-refractivity contribution in [2.45, 2.75) is 46.6 Å². The Morgan fingerprint density at radius 2 is 2.11 bits per heavy atom. The van der Waals surface area contributed by atoms with Gasteiger partial charge in [0, 0.05) is 25.7 Å². The molecule has 1 heterocycles. The van der Waals surface area contributed by atoms with Gasteiger partial charge in [0.05, 0.1) is 6.61 Å². The first-order valence-corrected chi connectivity index (χ1v) is 7.20. The van der Waals surface area contributed by atoms with E-state index < -0.39 is 0 Å². The Bertz CT molecular complexity index is 256. The van der Waals surface area contributed by atoms with Gasteiger partial charge in [-0.2, -0.15) is 0 Å². The summed E-state index contributed by atoms with van der Waals surface area (Å²) in [7, 11) is 0. The van der Waals surface area contributed by atoms with Crippen LogP contribution >= 0.6 is 0 Å². The van der Waals surface area contributed by atoms with Crippen molar-refractivity contribution in [2.75, 3.05) is 26.2 Å². The van der Waals surface area contributed by atoms with Gasteiger partial charge in [-0.3, -0.25) is 0 Å². The SMILES string of the molecule is CCOC(=O)NC1CC(CC)CN(CC(C)C)C1. The van der Waals surface area contributed by atoms with Crippen molar-refractivity contribution < 1.29 is 9.53 Å². The Labute approximate surface area is 111 Å². The van der Waals surface area contributed by atoms with Crippen LogP contribution in [0.25, 0.3) is 0 Å². The molecule has 1 aliphatic heterocycles. The van der Waals surface area contributed by atoms with Gasteiger partial charge in [0.1, 0.15) is 0 Å². The van der Waals surface area contributed by atoms with Crippen LogP contribution in [0.1, 0.15) is 40.5 Å². The summed E-state index contributed by atoms with van der Waals surface area (Å²) >= 11 is 0. The van der Waals surface area contributed by atoms with Gasteiger partial charge in [-0.1, -0.05) is 27.2 Å². The minimum atomic E-state index is -0.274. The van der Waals surface area contributed by atoms with Gasteiger partial charge < -0.3 is 15.0 Å². The van der Waals surface area contributed by atoms with Crippen molar-refractivity contribution in [3.05, 3.63) is 0 Å². The molecule has 1 aliphatic rings. The first-order valence-electron chi connectivity index (χ1n) is 7.20. The van der Waals surface area contributed by atoms with E-state index in [2.05, 4.69) is 31.0 Å². The van der Waals surface area contributed by atoms with Crippen LogP contribution in [0.15, 0.2) is 0 Å². The summed E-state index contributed by atoms with van der Waals surface area (Å²) < 4.78 is 4.96. The number of ether oxygens (including phenoxy) is 1. The van der Waals surface area contributed by atoms with E-state index in [0.29, 0.717) is 18.4 Å². The molecule has 18 heavy (non-hydrogen) atoms. The smallest absolute Gasteiger partial charge is 0.407 e. The quantitative estimate of drug-likeness (QED) is 0.821. The number of rotatable bonds is 5. The molecule has 0 radical (unpaired) electrons. The third-order valence-corrected chi connectivity index (χ3v) is 3.41. The highest BCUT2D eigenvalue weighted by Gasteiger charge is 2.27. The summed E-state index contributed by atoms with van der Waals surface area (Å²) in [5.74, 6) is 1.35. The zero-order chi connectivity index (χ0) is 13.5. The number of hydrogen-bond donors (Lipinski definition) is 1. The number of hydrogen-bond acceptors (Lipinski definition) is 3. The van der Waals surface area contributed by atoms with Gasteiger partial charge in [0.2, 0.25) is 0 Å². The number of amides is 1. The van der Waals surface area contributed by atoms with E-state index in [1.807, 2.05) is 6.92 Å². The summed E-state index contributed by atoms with van der Waals surface area (Å²) in [6.45, 7) is 12.2. The van der Waals surface area contributed by atoms with E-state index in [4.69, 9.17) is 4.74 Å². The minimum Gasteiger partial charge on any atom is -0.450 e. The van der Waals surface area contributed by atoms with E-state index in [0.717, 1.165) is 26.1 Å². The monoisotopic (exact) mass is 256 g/mol. The maximum Gasteiger partial charge on any atom is 0.407 e. The lowest BCUT2D eigenvalue weighted by Crippen LogP contribution is -2.51. The molecule has 1 amide bonds. The van der Waals surface area contributed by atoms with Crippen molar-refractivity contribution in [1.82, 2.24) is 10.2 Å². The first-order chi connectivity index (χ1) is 8.55. The molecule has 106 valence electrons. The number of alkyl carbamates (subject to hydrolysis) is 1. The summed E-state index contributed by atoms with van der Waals surface area (Å²) in [5, 5.41) is 2.98. The Kier molecular flexibility index (Phi) is 6.47. The normalized spacial score (nSPS) is 25.2. The third-order valence-electron chi connectivity index (χ3n) is 3.41. The van der Waals surface area contributed by atoms with Crippen LogP contribution in [0.5, 0.6) is 0 Å². The van der Waals surface area contributed by atoms with E-state index in [-0.39, 0.29) is 12.1 Å². The van der Waals surface area contributed by atoms with Gasteiger partial charge in [-0.15, -0.1) is 0 Å². The van der Waals surface area contributed by atoms with Crippen LogP contribution in [-0.2, 0) is 4.74 Å². The van der Waals surface area contributed by atoms with Crippen molar-refractivity contribution >= 4 is 6.09 Å². The number of carbonyl (C=O) groups is 1. The Morgan fingerprint density at radius 3 is 2.67 bits per heavy atom. The lowest BCUT2D eigenvalue weighted by atomic mass is 9.91. The van der Waals surface area contributed by atoms with Crippen molar-refractivity contribution in [2.24, 2.45) is 11.8 Å². The van der Waals surface area contributed by atoms with Crippen LogP contribution in [0.2, 0.25) is 0 Å². The summed E-state index contributed by atoms with van der Waals surface area (Å²) in [6.07, 6.45) is 1.98. The zero-order valence-corrected chi connectivity index (χ0v) is 12.2. The zero-order valence-electron chi connectivity index (χ0n) is 12.2. The maximum atomic E-state index is 11.5. The van der Waals surface area contributed by atoms with Gasteiger partial charge in [-0.05, 0) is 25.2 Å². The second-order valence-corrected chi connectivity index (χ2v) is 5.68. The number of nitrogens with one attached hydrogen (secondary N) is 1. The average Bonchev–Trinajstić information content (AvgIpc) is 2.27. The van der Waals surface area contributed by atoms with E-state index >= 15 is 0 Å². The fourth-order valence-corrected chi connectivity index (χ4v) is 2.71. The summed E-state index contributed by atoms with van der Waals surface area (Å²) in [6, 6.07) is 0.237. The summed E-state index contributed by atoms with van der Waals surface area (Å²) in [5.41, 5.74) is 0. The number of likely N-dealkylation sites (tertiary alicyclic amines) is 1. The molecule has 0 aromatic rings. The molecule has 0 aliphatic carbocycles. The van der Waals surface area contributed by atoms with Crippen LogP contribution in [0.4, 0.5) is 4.79 Å². The van der Waals surface area contributed by atoms with Crippen LogP contribution in [0.3, 0.4) is 0 Å². The second kappa shape index (κ2) is 7.62. The highest BCUT2D eigenvalue weighted by atomic mass is 16.5. The molecule has 0 aromatic heterocycles. The molecule has 0 bridgehead atoms. The second-order valence-electron chi connectivity index (χ2n) is 5.68. The van der Waals surface area contributed by atoms with E-state index in [1.165, 1.54) is 6.42 Å². The van der Waals surface area contributed by atoms with Gasteiger partial charge in [-0.25, -0.2) is 4.79 Å². The molecule has 0 spiro atoms. The molecular weight excluding hydrogens is 228 g/mol. The number of nitrogens with zero attached hydrogens (tertiary/aromatic N) is 1. The third kappa shape index (κ3) is 5.25. The Balaban J connectivity index is 2.48. The molecule has 1 saturated heterocycles. The first kappa shape index (κ1) is 15.3. The summed E-state index contributed by atoms with van der Waals surface area (Å²) in [4.78, 5) is 14.0. The molecule has 1 fully saturated rings. The highest BCUT2D eigenvalue weighted by Crippen LogP contribution is 2.20. The fourth-order valence-electron chi connectivity index (χ4n) is 2.71. The topological polar surface area (TPSA) is 41.6 Å². The standard InChI is InChI=1S/C14H28N2O2/c1-5-12-7-13(15-14(17)18-6-2)10-16(9-12)8-11(3)4/h11-13H,5-10H2,1-4H3,(H,15,17). The highest BCUT2D eigenvalue weighted by molar-refractivity contribution is 5.67. The molecule has 4 heteroatoms. The van der Waals surface area contributed by atoms with Gasteiger partial charge in [0.15, 0.2) is 0 Å². The lowest BCUT2D eigenvalue weighted by molar-refractivity contribution is 0.109. The minimum absolute atomic E-state index is 0.237. The predicted octanol–water partition coefficient (Wildman–Crippen LogP) is 2.49. The largest absolute Gasteiger partial charge is 0.450 e. The van der Waals surface area contributed by atoms with Crippen LogP contribution in [-0.4, -0.2) is 43.3 Å². The molecule has 2 unspecified atom stereocenters. The predicted molar refractivity (Wildman–Crippen MR) is 73.6 cm³/mol. The van der Waals surface area contributed by atoms with E-state index in [9.17, 15) is 4.79 Å². The molecule has 4 nitrogen and oxygen atoms in total. The van der Waals surface area contributed by atoms with Crippen molar-refractivity contribution in [3.8, 4) is 0 Å². The molecule has 2 atom stereocenters. The maximum absolute atomic E-state index is 11.5. The lowest BCUT2D eigenvalue weighted by Gasteiger charge is -2.38. The molecule has 0 saturated carbocycles. The number of carbonyl (C=O) groups excluding carboxylic acids is 1. The Morgan fingerprint density at radius 1 is 1.39 bits per heavy atom.